The van der Waals surface area contributed by atoms with Gasteiger partial charge in [-0.25, -0.2) is 0 Å². The van der Waals surface area contributed by atoms with Crippen LogP contribution in [0.5, 0.6) is 5.75 Å². The van der Waals surface area contributed by atoms with Crippen molar-refractivity contribution in [2.45, 2.75) is 6.10 Å². The van der Waals surface area contributed by atoms with Crippen molar-refractivity contribution in [3.05, 3.63) is 29.8 Å². The largest absolute Gasteiger partial charge is 0.497 e. The molecule has 0 saturated carbocycles. The molecule has 1 saturated heterocycles. The number of hydrogen-bond acceptors (Lipinski definition) is 4. The van der Waals surface area contributed by atoms with E-state index in [2.05, 4.69) is 0 Å². The molecule has 1 amide bonds. The van der Waals surface area contributed by atoms with Gasteiger partial charge in [0.2, 0.25) is 0 Å². The normalized spacial score (nSPS) is 19.9. The maximum atomic E-state index is 12.4. The average Bonchev–Trinajstić information content (AvgIpc) is 2.72. The lowest BCUT2D eigenvalue weighted by Gasteiger charge is -2.23. The molecule has 19 heavy (non-hydrogen) atoms. The van der Waals surface area contributed by atoms with E-state index in [-0.39, 0.29) is 12.0 Å². The van der Waals surface area contributed by atoms with Gasteiger partial charge in [0.05, 0.1) is 26.4 Å². The lowest BCUT2D eigenvalue weighted by Crippen LogP contribution is -2.38. The third kappa shape index (κ3) is 3.45. The summed E-state index contributed by atoms with van der Waals surface area (Å²) in [5, 5.41) is 0. The van der Waals surface area contributed by atoms with Crippen molar-refractivity contribution in [3.63, 3.8) is 0 Å². The lowest BCUT2D eigenvalue weighted by atomic mass is 10.2. The highest BCUT2D eigenvalue weighted by Gasteiger charge is 2.23. The van der Waals surface area contributed by atoms with E-state index in [9.17, 15) is 4.79 Å². The number of amides is 1. The van der Waals surface area contributed by atoms with Crippen LogP contribution in [0.25, 0.3) is 0 Å². The van der Waals surface area contributed by atoms with Gasteiger partial charge < -0.3 is 19.1 Å². The number of carbonyl (C=O) groups excluding carboxylic acids is 1. The van der Waals surface area contributed by atoms with Crippen LogP contribution in [0.4, 0.5) is 0 Å². The number of ether oxygens (including phenoxy) is 3. The molecule has 0 aromatic heterocycles. The van der Waals surface area contributed by atoms with E-state index in [1.54, 1.807) is 31.3 Å². The van der Waals surface area contributed by atoms with Gasteiger partial charge in [-0.3, -0.25) is 4.79 Å². The van der Waals surface area contributed by atoms with Crippen LogP contribution < -0.4 is 4.74 Å². The lowest BCUT2D eigenvalue weighted by molar-refractivity contribution is 0.0225. The first-order chi connectivity index (χ1) is 9.24. The standard InChI is InChI=1S/C14H19NO4/c1-17-12-5-3-4-11(8-12)14(16)15-6-7-19-10-13(9-15)18-2/h3-5,8,13H,6-7,9-10H2,1-2H3/t13-/m1/s1. The minimum Gasteiger partial charge on any atom is -0.497 e. The van der Waals surface area contributed by atoms with Gasteiger partial charge in [-0.15, -0.1) is 0 Å². The highest BCUT2D eigenvalue weighted by atomic mass is 16.5. The molecule has 1 aliphatic rings. The van der Waals surface area contributed by atoms with Gasteiger partial charge in [-0.1, -0.05) is 6.07 Å². The second kappa shape index (κ2) is 6.54. The fourth-order valence-corrected chi connectivity index (χ4v) is 2.05. The molecule has 1 fully saturated rings. The summed E-state index contributed by atoms with van der Waals surface area (Å²) in [7, 11) is 3.22. The third-order valence-electron chi connectivity index (χ3n) is 3.17. The van der Waals surface area contributed by atoms with Crippen molar-refractivity contribution in [1.82, 2.24) is 4.90 Å². The summed E-state index contributed by atoms with van der Waals surface area (Å²) in [6.07, 6.45) is -0.0722. The molecule has 0 unspecified atom stereocenters. The highest BCUT2D eigenvalue weighted by Crippen LogP contribution is 2.15. The quantitative estimate of drug-likeness (QED) is 0.823. The summed E-state index contributed by atoms with van der Waals surface area (Å²) in [4.78, 5) is 14.2. The molecule has 1 aliphatic heterocycles. The summed E-state index contributed by atoms with van der Waals surface area (Å²) < 4.78 is 15.8. The molecule has 2 rings (SSSR count). The molecule has 0 radical (unpaired) electrons. The molecular formula is C14H19NO4. The van der Waals surface area contributed by atoms with E-state index in [1.165, 1.54) is 0 Å². The van der Waals surface area contributed by atoms with Gasteiger partial charge in [-0.2, -0.15) is 0 Å². The molecule has 1 aromatic carbocycles. The van der Waals surface area contributed by atoms with Crippen LogP contribution >= 0.6 is 0 Å². The summed E-state index contributed by atoms with van der Waals surface area (Å²) in [5.74, 6) is 0.659. The summed E-state index contributed by atoms with van der Waals surface area (Å²) in [6, 6.07) is 7.17. The SMILES string of the molecule is COc1cccc(C(=O)N2CCOC[C@H](OC)C2)c1. The topological polar surface area (TPSA) is 48.0 Å². The molecule has 0 N–H and O–H groups in total. The van der Waals surface area contributed by atoms with E-state index in [0.717, 1.165) is 0 Å². The van der Waals surface area contributed by atoms with Crippen LogP contribution in [0.2, 0.25) is 0 Å². The van der Waals surface area contributed by atoms with Gasteiger partial charge in [0.25, 0.3) is 5.91 Å². The predicted molar refractivity (Wildman–Crippen MR) is 70.5 cm³/mol. The second-order valence-electron chi connectivity index (χ2n) is 4.42. The Bertz CT molecular complexity index is 435. The Morgan fingerprint density at radius 2 is 2.26 bits per heavy atom. The molecule has 1 atom stereocenters. The third-order valence-corrected chi connectivity index (χ3v) is 3.17. The smallest absolute Gasteiger partial charge is 0.254 e. The maximum absolute atomic E-state index is 12.4. The minimum atomic E-state index is -0.0722. The Morgan fingerprint density at radius 1 is 1.42 bits per heavy atom. The average molecular weight is 265 g/mol. The van der Waals surface area contributed by atoms with Crippen LogP contribution in [0.1, 0.15) is 10.4 Å². The van der Waals surface area contributed by atoms with Crippen molar-refractivity contribution < 1.29 is 19.0 Å². The number of methoxy groups -OCH3 is 2. The van der Waals surface area contributed by atoms with Crippen molar-refractivity contribution >= 4 is 5.91 Å². The van der Waals surface area contributed by atoms with E-state index in [0.29, 0.717) is 37.6 Å². The van der Waals surface area contributed by atoms with Crippen molar-refractivity contribution in [3.8, 4) is 5.75 Å². The molecule has 5 heteroatoms. The molecule has 0 aliphatic carbocycles. The van der Waals surface area contributed by atoms with Crippen molar-refractivity contribution in [1.29, 1.82) is 0 Å². The summed E-state index contributed by atoms with van der Waals surface area (Å²) in [5.41, 5.74) is 0.621. The van der Waals surface area contributed by atoms with Crippen LogP contribution in [0, 0.1) is 0 Å². The molecule has 0 spiro atoms. The Balaban J connectivity index is 2.12. The monoisotopic (exact) mass is 265 g/mol. The number of carbonyl (C=O) groups is 1. The van der Waals surface area contributed by atoms with Gasteiger partial charge >= 0.3 is 0 Å². The van der Waals surface area contributed by atoms with Crippen molar-refractivity contribution in [2.75, 3.05) is 40.5 Å². The van der Waals surface area contributed by atoms with E-state index in [1.807, 2.05) is 12.1 Å². The van der Waals surface area contributed by atoms with Gasteiger partial charge in [0.1, 0.15) is 5.75 Å². The zero-order valence-corrected chi connectivity index (χ0v) is 11.3. The number of nitrogens with zero attached hydrogens (tertiary/aromatic N) is 1. The van der Waals surface area contributed by atoms with Gasteiger partial charge in [-0.05, 0) is 18.2 Å². The molecule has 104 valence electrons. The summed E-state index contributed by atoms with van der Waals surface area (Å²) in [6.45, 7) is 2.19. The fourth-order valence-electron chi connectivity index (χ4n) is 2.05. The second-order valence-corrected chi connectivity index (χ2v) is 4.42. The first-order valence-electron chi connectivity index (χ1n) is 6.28. The number of benzene rings is 1. The zero-order chi connectivity index (χ0) is 13.7. The van der Waals surface area contributed by atoms with Crippen molar-refractivity contribution in [2.24, 2.45) is 0 Å². The molecule has 1 heterocycles. The van der Waals surface area contributed by atoms with Crippen LogP contribution in [0.15, 0.2) is 24.3 Å². The molecular weight excluding hydrogens is 246 g/mol. The highest BCUT2D eigenvalue weighted by molar-refractivity contribution is 5.94. The Labute approximate surface area is 113 Å². The first kappa shape index (κ1) is 13.8. The van der Waals surface area contributed by atoms with E-state index < -0.39 is 0 Å². The minimum absolute atomic E-state index is 0.0218. The number of rotatable bonds is 3. The van der Waals surface area contributed by atoms with Gasteiger partial charge in [0, 0.05) is 25.8 Å². The van der Waals surface area contributed by atoms with Crippen LogP contribution in [0.3, 0.4) is 0 Å². The zero-order valence-electron chi connectivity index (χ0n) is 11.3. The molecule has 5 nitrogen and oxygen atoms in total. The Kier molecular flexibility index (Phi) is 4.76. The maximum Gasteiger partial charge on any atom is 0.254 e. The fraction of sp³-hybridized carbons (Fsp3) is 0.500. The molecule has 0 bridgehead atoms. The molecule has 1 aromatic rings. The Hall–Kier alpha value is -1.59. The summed E-state index contributed by atoms with van der Waals surface area (Å²) >= 11 is 0. The van der Waals surface area contributed by atoms with E-state index in [4.69, 9.17) is 14.2 Å². The van der Waals surface area contributed by atoms with Gasteiger partial charge in [0.15, 0.2) is 0 Å². The van der Waals surface area contributed by atoms with Crippen LogP contribution in [-0.4, -0.2) is 57.4 Å². The predicted octanol–water partition coefficient (Wildman–Crippen LogP) is 1.18. The number of hydrogen-bond donors (Lipinski definition) is 0. The first-order valence-corrected chi connectivity index (χ1v) is 6.28. The van der Waals surface area contributed by atoms with Crippen LogP contribution in [-0.2, 0) is 9.47 Å². The Morgan fingerprint density at radius 3 is 3.00 bits per heavy atom. The van der Waals surface area contributed by atoms with E-state index >= 15 is 0 Å².